The number of nitrogens with two attached hydrogens (primary N) is 1. The standard InChI is InChI=1S/C57H106NO8P/c1-3-5-7-9-11-13-15-17-19-21-23-24-25-26-27-28-29-30-32-34-36-38-40-42-44-46-48-50-57(60)66-55(54-65-67(61,62)64-52-51-58)53-63-56(59)49-47-45-43-41-39-37-35-33-31-22-20-18-16-14-12-10-8-6-4-2/h15,17-18,20-21,23,25-26,55H,3-14,16,19,22,24,27-54,58H2,1-2H3,(H,61,62)/b17-15-,20-18-,23-21-,26-25-. The van der Waals surface area contributed by atoms with Gasteiger partial charge in [0.2, 0.25) is 0 Å². The second-order valence-electron chi connectivity index (χ2n) is 18.8. The number of carbonyl (C=O) groups is 2. The van der Waals surface area contributed by atoms with Crippen LogP contribution in [-0.4, -0.2) is 49.3 Å². The van der Waals surface area contributed by atoms with E-state index in [9.17, 15) is 19.0 Å². The monoisotopic (exact) mass is 964 g/mol. The third-order valence-electron chi connectivity index (χ3n) is 12.2. The molecular formula is C57H106NO8P. The zero-order valence-corrected chi connectivity index (χ0v) is 44.5. The molecule has 2 unspecified atom stereocenters. The number of ether oxygens (including phenoxy) is 2. The molecule has 0 aliphatic carbocycles. The molecule has 0 saturated heterocycles. The third kappa shape index (κ3) is 53.2. The summed E-state index contributed by atoms with van der Waals surface area (Å²) in [6.07, 6.45) is 64.4. The quantitative estimate of drug-likeness (QED) is 0.0264. The van der Waals surface area contributed by atoms with Gasteiger partial charge < -0.3 is 20.1 Å². The van der Waals surface area contributed by atoms with Crippen LogP contribution < -0.4 is 5.73 Å². The van der Waals surface area contributed by atoms with Crippen LogP contribution >= 0.6 is 7.82 Å². The first-order valence-electron chi connectivity index (χ1n) is 28.1. The molecule has 0 fully saturated rings. The van der Waals surface area contributed by atoms with Gasteiger partial charge in [0.05, 0.1) is 13.2 Å². The van der Waals surface area contributed by atoms with Crippen molar-refractivity contribution in [3.05, 3.63) is 48.6 Å². The summed E-state index contributed by atoms with van der Waals surface area (Å²) in [5.41, 5.74) is 5.38. The summed E-state index contributed by atoms with van der Waals surface area (Å²) >= 11 is 0. The molecule has 2 atom stereocenters. The van der Waals surface area contributed by atoms with Crippen molar-refractivity contribution in [3.8, 4) is 0 Å². The lowest BCUT2D eigenvalue weighted by molar-refractivity contribution is -0.161. The molecular weight excluding hydrogens is 858 g/mol. The van der Waals surface area contributed by atoms with Crippen molar-refractivity contribution in [2.75, 3.05) is 26.4 Å². The van der Waals surface area contributed by atoms with Crippen LogP contribution in [0.4, 0.5) is 0 Å². The molecule has 0 spiro atoms. The lowest BCUT2D eigenvalue weighted by atomic mass is 10.0. The number of rotatable bonds is 53. The van der Waals surface area contributed by atoms with Gasteiger partial charge >= 0.3 is 19.8 Å². The smallest absolute Gasteiger partial charge is 0.462 e. The fraction of sp³-hybridized carbons (Fsp3) is 0.825. The van der Waals surface area contributed by atoms with Gasteiger partial charge in [-0.05, 0) is 77.0 Å². The Morgan fingerprint density at radius 3 is 1.16 bits per heavy atom. The fourth-order valence-corrected chi connectivity index (χ4v) is 8.76. The zero-order chi connectivity index (χ0) is 48.8. The van der Waals surface area contributed by atoms with Gasteiger partial charge in [-0.2, -0.15) is 0 Å². The van der Waals surface area contributed by atoms with Crippen LogP contribution in [-0.2, 0) is 32.7 Å². The lowest BCUT2D eigenvalue weighted by Gasteiger charge is -2.19. The molecule has 9 nitrogen and oxygen atoms in total. The minimum atomic E-state index is -4.39. The van der Waals surface area contributed by atoms with Crippen LogP contribution in [0.25, 0.3) is 0 Å². The molecule has 0 aliphatic rings. The molecule has 0 heterocycles. The number of hydrogen-bond donors (Lipinski definition) is 2. The maximum atomic E-state index is 12.7. The first-order chi connectivity index (χ1) is 32.8. The fourth-order valence-electron chi connectivity index (χ4n) is 7.99. The van der Waals surface area contributed by atoms with Crippen molar-refractivity contribution in [3.63, 3.8) is 0 Å². The number of esters is 2. The molecule has 392 valence electrons. The van der Waals surface area contributed by atoms with Crippen molar-refractivity contribution < 1.29 is 37.6 Å². The van der Waals surface area contributed by atoms with Crippen LogP contribution in [0.1, 0.15) is 271 Å². The maximum Gasteiger partial charge on any atom is 0.472 e. The molecule has 0 aromatic carbocycles. The predicted molar refractivity (Wildman–Crippen MR) is 284 cm³/mol. The summed E-state index contributed by atoms with van der Waals surface area (Å²) in [6, 6.07) is 0. The van der Waals surface area contributed by atoms with Gasteiger partial charge in [0.15, 0.2) is 6.10 Å². The summed E-state index contributed by atoms with van der Waals surface area (Å²) in [4.78, 5) is 35.1. The van der Waals surface area contributed by atoms with Gasteiger partial charge in [-0.3, -0.25) is 18.6 Å². The Bertz CT molecular complexity index is 1240. The van der Waals surface area contributed by atoms with Crippen LogP contribution in [0.5, 0.6) is 0 Å². The van der Waals surface area contributed by atoms with Crippen molar-refractivity contribution in [2.24, 2.45) is 5.73 Å². The maximum absolute atomic E-state index is 12.7. The van der Waals surface area contributed by atoms with Gasteiger partial charge in [-0.1, -0.05) is 229 Å². The van der Waals surface area contributed by atoms with E-state index in [1.54, 1.807) is 0 Å². The minimum absolute atomic E-state index is 0.0525. The molecule has 0 bridgehead atoms. The van der Waals surface area contributed by atoms with Crippen LogP contribution in [0.15, 0.2) is 48.6 Å². The van der Waals surface area contributed by atoms with Gasteiger partial charge in [-0.25, -0.2) is 4.57 Å². The number of hydrogen-bond acceptors (Lipinski definition) is 8. The van der Waals surface area contributed by atoms with E-state index in [4.69, 9.17) is 24.3 Å². The van der Waals surface area contributed by atoms with Crippen molar-refractivity contribution in [1.82, 2.24) is 0 Å². The largest absolute Gasteiger partial charge is 0.472 e. The van der Waals surface area contributed by atoms with E-state index in [-0.39, 0.29) is 38.6 Å². The van der Waals surface area contributed by atoms with E-state index >= 15 is 0 Å². The Hall–Kier alpha value is -2.03. The van der Waals surface area contributed by atoms with Gasteiger partial charge in [0.1, 0.15) is 6.61 Å². The Morgan fingerprint density at radius 1 is 0.448 bits per heavy atom. The second kappa shape index (κ2) is 53.3. The molecule has 0 aromatic heterocycles. The Morgan fingerprint density at radius 2 is 0.776 bits per heavy atom. The topological polar surface area (TPSA) is 134 Å². The van der Waals surface area contributed by atoms with E-state index in [1.807, 2.05) is 0 Å². The van der Waals surface area contributed by atoms with E-state index < -0.39 is 26.5 Å². The number of phosphoric ester groups is 1. The van der Waals surface area contributed by atoms with Crippen LogP contribution in [0, 0.1) is 0 Å². The molecule has 67 heavy (non-hydrogen) atoms. The summed E-state index contributed by atoms with van der Waals surface area (Å²) in [6.45, 7) is 3.75. The Kier molecular flexibility index (Phi) is 51.7. The van der Waals surface area contributed by atoms with E-state index in [0.717, 1.165) is 51.4 Å². The predicted octanol–water partition coefficient (Wildman–Crippen LogP) is 17.4. The Balaban J connectivity index is 3.98. The highest BCUT2D eigenvalue weighted by Crippen LogP contribution is 2.43. The number of unbranched alkanes of at least 4 members (excludes halogenated alkanes) is 32. The molecule has 0 aliphatic heterocycles. The zero-order valence-electron chi connectivity index (χ0n) is 43.6. The second-order valence-corrected chi connectivity index (χ2v) is 20.3. The van der Waals surface area contributed by atoms with E-state index in [1.165, 1.54) is 186 Å². The molecule has 0 amide bonds. The third-order valence-corrected chi connectivity index (χ3v) is 13.2. The minimum Gasteiger partial charge on any atom is -0.462 e. The van der Waals surface area contributed by atoms with Gasteiger partial charge in [-0.15, -0.1) is 0 Å². The Labute approximate surface area is 413 Å². The lowest BCUT2D eigenvalue weighted by Crippen LogP contribution is -2.29. The van der Waals surface area contributed by atoms with Crippen molar-refractivity contribution in [1.29, 1.82) is 0 Å². The summed E-state index contributed by atoms with van der Waals surface area (Å²) in [7, 11) is -4.39. The highest BCUT2D eigenvalue weighted by molar-refractivity contribution is 7.47. The number of carbonyl (C=O) groups excluding carboxylic acids is 2. The number of phosphoric acid groups is 1. The molecule has 0 rings (SSSR count). The van der Waals surface area contributed by atoms with E-state index in [0.29, 0.717) is 6.42 Å². The highest BCUT2D eigenvalue weighted by Gasteiger charge is 2.26. The van der Waals surface area contributed by atoms with Crippen molar-refractivity contribution >= 4 is 19.8 Å². The summed E-state index contributed by atoms with van der Waals surface area (Å²) in [5.74, 6) is -0.824. The van der Waals surface area contributed by atoms with Crippen molar-refractivity contribution in [2.45, 2.75) is 277 Å². The van der Waals surface area contributed by atoms with E-state index in [2.05, 4.69) is 62.5 Å². The average Bonchev–Trinajstić information content (AvgIpc) is 3.32. The summed E-state index contributed by atoms with van der Waals surface area (Å²) < 4.78 is 33.0. The first-order valence-corrected chi connectivity index (χ1v) is 29.6. The van der Waals surface area contributed by atoms with Gasteiger partial charge in [0.25, 0.3) is 0 Å². The first kappa shape index (κ1) is 65.0. The molecule has 0 aromatic rings. The highest BCUT2D eigenvalue weighted by atomic mass is 31.2. The molecule has 0 saturated carbocycles. The number of allylic oxidation sites excluding steroid dienone is 8. The summed E-state index contributed by atoms with van der Waals surface area (Å²) in [5, 5.41) is 0. The average molecular weight is 964 g/mol. The van der Waals surface area contributed by atoms with Crippen LogP contribution in [0.3, 0.4) is 0 Å². The normalized spacial score (nSPS) is 13.4. The van der Waals surface area contributed by atoms with Crippen LogP contribution in [0.2, 0.25) is 0 Å². The molecule has 3 N–H and O–H groups in total. The molecule has 0 radical (unpaired) electrons. The molecule has 10 heteroatoms. The van der Waals surface area contributed by atoms with Gasteiger partial charge in [0, 0.05) is 19.4 Å². The SMILES string of the molecule is CCCCCCC/C=C\C/C=C\C/C=C\CCCCCCCCCCCCCCC(=O)OC(COC(=O)CCCCCCCCCCC/C=C\CCCCCCCC)COP(=O)(O)OCCN.